The number of benzene rings is 3. The second-order valence-electron chi connectivity index (χ2n) is 10.3. The Balaban J connectivity index is 1.12. The molecular formula is C32H32N4O3. The van der Waals surface area contributed by atoms with Gasteiger partial charge in [0.2, 0.25) is 0 Å². The molecule has 3 aromatic carbocycles. The Morgan fingerprint density at radius 3 is 2.08 bits per heavy atom. The van der Waals surface area contributed by atoms with Crippen molar-refractivity contribution in [1.29, 1.82) is 0 Å². The molecule has 7 nitrogen and oxygen atoms in total. The summed E-state index contributed by atoms with van der Waals surface area (Å²) in [5.41, 5.74) is 3.76. The summed E-state index contributed by atoms with van der Waals surface area (Å²) in [5, 5.41) is 10.5. The average molecular weight is 521 g/mol. The summed E-state index contributed by atoms with van der Waals surface area (Å²) >= 11 is 0. The average Bonchev–Trinajstić information content (AvgIpc) is 3.01. The van der Waals surface area contributed by atoms with Gasteiger partial charge in [-0.1, -0.05) is 36.4 Å². The van der Waals surface area contributed by atoms with Crippen LogP contribution in [0.2, 0.25) is 0 Å². The van der Waals surface area contributed by atoms with Gasteiger partial charge in [-0.3, -0.25) is 14.5 Å². The van der Waals surface area contributed by atoms with E-state index in [0.29, 0.717) is 30.4 Å². The maximum atomic E-state index is 13.8. The lowest BCUT2D eigenvalue weighted by molar-refractivity contribution is 0.0413. The summed E-state index contributed by atoms with van der Waals surface area (Å²) in [6.45, 7) is 4.54. The number of amides is 2. The van der Waals surface area contributed by atoms with Gasteiger partial charge < -0.3 is 14.9 Å². The first-order chi connectivity index (χ1) is 19.1. The zero-order chi connectivity index (χ0) is 26.8. The van der Waals surface area contributed by atoms with Gasteiger partial charge in [0.15, 0.2) is 0 Å². The molecule has 6 rings (SSSR count). The zero-order valence-electron chi connectivity index (χ0n) is 21.9. The predicted octanol–water partition coefficient (Wildman–Crippen LogP) is 4.67. The summed E-state index contributed by atoms with van der Waals surface area (Å²) in [6.07, 6.45) is 1.91. The van der Waals surface area contributed by atoms with Gasteiger partial charge in [0.05, 0.1) is 16.8 Å². The summed E-state index contributed by atoms with van der Waals surface area (Å²) < 4.78 is 0. The lowest BCUT2D eigenvalue weighted by Crippen LogP contribution is -2.54. The van der Waals surface area contributed by atoms with E-state index in [1.165, 1.54) is 0 Å². The Kier molecular flexibility index (Phi) is 6.99. The number of carbonyl (C=O) groups excluding carboxylic acids is 2. The van der Waals surface area contributed by atoms with Crippen LogP contribution in [-0.4, -0.2) is 81.9 Å². The highest BCUT2D eigenvalue weighted by atomic mass is 16.3. The van der Waals surface area contributed by atoms with Gasteiger partial charge in [0.1, 0.15) is 5.75 Å². The SMILES string of the molecule is O=C(c1ccccc1)N1CCC(N2CCN(C(=O)c3cc(-c4ccc(O)cc4)nc4ccccc34)CC2)CC1. The molecular weight excluding hydrogens is 488 g/mol. The number of pyridine rings is 1. The molecule has 7 heteroatoms. The molecule has 39 heavy (non-hydrogen) atoms. The van der Waals surface area contributed by atoms with E-state index in [0.717, 1.165) is 61.1 Å². The molecule has 2 amide bonds. The molecule has 0 aliphatic carbocycles. The molecule has 2 aliphatic rings. The fourth-order valence-electron chi connectivity index (χ4n) is 5.79. The monoisotopic (exact) mass is 520 g/mol. The van der Waals surface area contributed by atoms with Crippen molar-refractivity contribution >= 4 is 22.7 Å². The highest BCUT2D eigenvalue weighted by molar-refractivity contribution is 6.07. The number of nitrogens with zero attached hydrogens (tertiary/aromatic N) is 4. The minimum absolute atomic E-state index is 0.0246. The van der Waals surface area contributed by atoms with Crippen LogP contribution < -0.4 is 0 Å². The van der Waals surface area contributed by atoms with Gasteiger partial charge in [0.25, 0.3) is 11.8 Å². The highest BCUT2D eigenvalue weighted by Gasteiger charge is 2.31. The Labute approximate surface area is 228 Å². The summed E-state index contributed by atoms with van der Waals surface area (Å²) in [7, 11) is 0. The van der Waals surface area contributed by atoms with Crippen LogP contribution in [0, 0.1) is 0 Å². The number of piperidine rings is 1. The minimum Gasteiger partial charge on any atom is -0.508 e. The van der Waals surface area contributed by atoms with Crippen molar-refractivity contribution in [1.82, 2.24) is 19.7 Å². The highest BCUT2D eigenvalue weighted by Crippen LogP contribution is 2.28. The number of piperazine rings is 1. The summed E-state index contributed by atoms with van der Waals surface area (Å²) in [4.78, 5) is 37.8. The van der Waals surface area contributed by atoms with Crippen LogP contribution in [0.3, 0.4) is 0 Å². The molecule has 1 aromatic heterocycles. The van der Waals surface area contributed by atoms with Crippen LogP contribution >= 0.6 is 0 Å². The minimum atomic E-state index is 0.0246. The van der Waals surface area contributed by atoms with Crippen LogP contribution in [0.4, 0.5) is 0 Å². The number of carbonyl (C=O) groups is 2. The number of hydrogen-bond donors (Lipinski definition) is 1. The third-order valence-electron chi connectivity index (χ3n) is 8.00. The fraction of sp³-hybridized carbons (Fsp3) is 0.281. The van der Waals surface area contributed by atoms with E-state index in [2.05, 4.69) is 4.90 Å². The first kappa shape index (κ1) is 25.1. The van der Waals surface area contributed by atoms with Gasteiger partial charge in [-0.25, -0.2) is 4.98 Å². The second-order valence-corrected chi connectivity index (χ2v) is 10.3. The number of phenolic OH excluding ortho intramolecular Hbond substituents is 1. The van der Waals surface area contributed by atoms with E-state index in [9.17, 15) is 14.7 Å². The number of fused-ring (bicyclic) bond motifs is 1. The van der Waals surface area contributed by atoms with Crippen molar-refractivity contribution in [3.8, 4) is 17.0 Å². The largest absolute Gasteiger partial charge is 0.508 e. The fourth-order valence-corrected chi connectivity index (χ4v) is 5.79. The van der Waals surface area contributed by atoms with Gasteiger partial charge in [-0.05, 0) is 61.4 Å². The van der Waals surface area contributed by atoms with Crippen molar-refractivity contribution in [2.24, 2.45) is 0 Å². The molecule has 1 N–H and O–H groups in total. The second kappa shape index (κ2) is 10.9. The van der Waals surface area contributed by atoms with Crippen molar-refractivity contribution < 1.29 is 14.7 Å². The Morgan fingerprint density at radius 2 is 1.36 bits per heavy atom. The lowest BCUT2D eigenvalue weighted by atomic mass is 10.0. The topological polar surface area (TPSA) is 77.0 Å². The number of rotatable bonds is 4. The zero-order valence-corrected chi connectivity index (χ0v) is 21.9. The van der Waals surface area contributed by atoms with Gasteiger partial charge in [0, 0.05) is 61.8 Å². The molecule has 0 radical (unpaired) electrons. The van der Waals surface area contributed by atoms with E-state index in [1.54, 1.807) is 12.1 Å². The van der Waals surface area contributed by atoms with E-state index < -0.39 is 0 Å². The molecule has 0 atom stereocenters. The van der Waals surface area contributed by atoms with Crippen LogP contribution in [0.5, 0.6) is 5.75 Å². The maximum Gasteiger partial charge on any atom is 0.254 e. The Morgan fingerprint density at radius 1 is 0.718 bits per heavy atom. The lowest BCUT2D eigenvalue weighted by Gasteiger charge is -2.42. The van der Waals surface area contributed by atoms with Gasteiger partial charge in [-0.15, -0.1) is 0 Å². The van der Waals surface area contributed by atoms with Crippen LogP contribution in [0.15, 0.2) is 84.9 Å². The summed E-state index contributed by atoms with van der Waals surface area (Å²) in [5.74, 6) is 0.333. The molecule has 2 aliphatic heterocycles. The van der Waals surface area contributed by atoms with E-state index >= 15 is 0 Å². The maximum absolute atomic E-state index is 13.8. The first-order valence-electron chi connectivity index (χ1n) is 13.6. The van der Waals surface area contributed by atoms with Crippen molar-refractivity contribution in [2.75, 3.05) is 39.3 Å². The third-order valence-corrected chi connectivity index (χ3v) is 8.00. The first-order valence-corrected chi connectivity index (χ1v) is 13.6. The van der Waals surface area contributed by atoms with E-state index in [1.807, 2.05) is 82.6 Å². The normalized spacial score (nSPS) is 16.9. The van der Waals surface area contributed by atoms with E-state index in [-0.39, 0.29) is 17.6 Å². The van der Waals surface area contributed by atoms with Crippen molar-refractivity contribution in [3.05, 3.63) is 96.1 Å². The number of phenols is 1. The number of para-hydroxylation sites is 1. The molecule has 198 valence electrons. The quantitative estimate of drug-likeness (QED) is 0.423. The van der Waals surface area contributed by atoms with Crippen molar-refractivity contribution in [2.45, 2.75) is 18.9 Å². The number of aromatic nitrogens is 1. The van der Waals surface area contributed by atoms with Crippen LogP contribution in [-0.2, 0) is 0 Å². The molecule has 0 bridgehead atoms. The van der Waals surface area contributed by atoms with Gasteiger partial charge >= 0.3 is 0 Å². The number of likely N-dealkylation sites (tertiary alicyclic amines) is 1. The number of aromatic hydroxyl groups is 1. The predicted molar refractivity (Wildman–Crippen MR) is 152 cm³/mol. The molecule has 2 saturated heterocycles. The number of hydrogen-bond acceptors (Lipinski definition) is 5. The molecule has 0 unspecified atom stereocenters. The molecule has 0 spiro atoms. The van der Waals surface area contributed by atoms with Crippen LogP contribution in [0.1, 0.15) is 33.6 Å². The molecule has 0 saturated carbocycles. The molecule has 2 fully saturated rings. The third kappa shape index (κ3) is 5.22. The Hall–Kier alpha value is -4.23. The molecule has 4 aromatic rings. The smallest absolute Gasteiger partial charge is 0.254 e. The standard InChI is InChI=1S/C32H32N4O3/c37-26-12-10-23(11-13-26)30-22-28(27-8-4-5-9-29(27)33-30)32(39)36-20-18-34(19-21-36)25-14-16-35(17-15-25)31(38)24-6-2-1-3-7-24/h1-13,22,25,37H,14-21H2. The van der Waals surface area contributed by atoms with Crippen molar-refractivity contribution in [3.63, 3.8) is 0 Å². The Bertz CT molecular complexity index is 1470. The van der Waals surface area contributed by atoms with E-state index in [4.69, 9.17) is 4.98 Å². The molecule has 3 heterocycles. The summed E-state index contributed by atoms with van der Waals surface area (Å²) in [6, 6.07) is 26.5. The van der Waals surface area contributed by atoms with Crippen LogP contribution in [0.25, 0.3) is 22.2 Å². The van der Waals surface area contributed by atoms with Gasteiger partial charge in [-0.2, -0.15) is 0 Å².